The maximum Gasteiger partial charge on any atom is 0.255 e. The van der Waals surface area contributed by atoms with Gasteiger partial charge in [-0.05, 0) is 12.5 Å². The number of rotatable bonds is 1. The van der Waals surface area contributed by atoms with Crippen LogP contribution < -0.4 is 5.73 Å². The average molecular weight is 216 g/mol. The number of hydrogen-bond donors (Lipinski definition) is 2. The number of carbonyl (C=O) groups is 1. The van der Waals surface area contributed by atoms with E-state index in [0.29, 0.717) is 12.1 Å². The largest absolute Gasteiger partial charge is 0.367 e. The van der Waals surface area contributed by atoms with E-state index in [9.17, 15) is 4.79 Å². The van der Waals surface area contributed by atoms with Gasteiger partial charge in [-0.2, -0.15) is 0 Å². The second kappa shape index (κ2) is 4.48. The summed E-state index contributed by atoms with van der Waals surface area (Å²) >= 11 is 0. The molecule has 78 valence electrons. The zero-order chi connectivity index (χ0) is 9.26. The van der Waals surface area contributed by atoms with Gasteiger partial charge in [0.25, 0.3) is 5.91 Å². The van der Waals surface area contributed by atoms with Crippen LogP contribution in [0.25, 0.3) is 0 Å². The van der Waals surface area contributed by atoms with Crippen molar-refractivity contribution in [2.45, 2.75) is 12.5 Å². The molecule has 1 atom stereocenters. The smallest absolute Gasteiger partial charge is 0.255 e. The van der Waals surface area contributed by atoms with Crippen molar-refractivity contribution in [2.24, 2.45) is 5.73 Å². The fourth-order valence-corrected chi connectivity index (χ4v) is 1.61. The highest BCUT2D eigenvalue weighted by molar-refractivity contribution is 5.94. The van der Waals surface area contributed by atoms with E-state index in [-0.39, 0.29) is 24.4 Å². The van der Waals surface area contributed by atoms with Crippen LogP contribution >= 0.6 is 12.4 Å². The number of nitrogens with two attached hydrogens (primary N) is 1. The van der Waals surface area contributed by atoms with Gasteiger partial charge in [0.1, 0.15) is 0 Å². The Hall–Kier alpha value is -1.00. The molecule has 4 nitrogen and oxygen atoms in total. The first-order chi connectivity index (χ1) is 6.27. The molecule has 1 aliphatic heterocycles. The molecule has 1 amide bonds. The molecular formula is C9H14ClN3O. The number of nitrogens with one attached hydrogen (secondary N) is 1. The van der Waals surface area contributed by atoms with Gasteiger partial charge in [-0.3, -0.25) is 4.79 Å². The number of amides is 1. The van der Waals surface area contributed by atoms with Crippen molar-refractivity contribution >= 4 is 18.3 Å². The van der Waals surface area contributed by atoms with Gasteiger partial charge >= 0.3 is 0 Å². The Morgan fingerprint density at radius 2 is 2.43 bits per heavy atom. The van der Waals surface area contributed by atoms with Gasteiger partial charge in [-0.15, -0.1) is 12.4 Å². The molecule has 0 unspecified atom stereocenters. The van der Waals surface area contributed by atoms with Crippen LogP contribution in [0.3, 0.4) is 0 Å². The molecular weight excluding hydrogens is 202 g/mol. The summed E-state index contributed by atoms with van der Waals surface area (Å²) in [5.41, 5.74) is 6.43. The fourth-order valence-electron chi connectivity index (χ4n) is 1.61. The van der Waals surface area contributed by atoms with Crippen LogP contribution in [-0.2, 0) is 0 Å². The summed E-state index contributed by atoms with van der Waals surface area (Å²) < 4.78 is 0. The first kappa shape index (κ1) is 11.1. The predicted molar refractivity (Wildman–Crippen MR) is 56.5 cm³/mol. The Balaban J connectivity index is 0.000000980. The molecule has 1 fully saturated rings. The predicted octanol–water partition coefficient (Wildman–Crippen LogP) is 0.610. The molecule has 0 spiro atoms. The van der Waals surface area contributed by atoms with E-state index in [4.69, 9.17) is 5.73 Å². The Morgan fingerprint density at radius 3 is 2.93 bits per heavy atom. The third kappa shape index (κ3) is 2.08. The third-order valence-electron chi connectivity index (χ3n) is 2.36. The lowest BCUT2D eigenvalue weighted by molar-refractivity contribution is 0.0791. The Labute approximate surface area is 88.9 Å². The Kier molecular flexibility index (Phi) is 3.55. The lowest BCUT2D eigenvalue weighted by Crippen LogP contribution is -2.31. The molecule has 0 saturated carbocycles. The van der Waals surface area contributed by atoms with Gasteiger partial charge in [-0.25, -0.2) is 0 Å². The highest BCUT2D eigenvalue weighted by Crippen LogP contribution is 2.11. The van der Waals surface area contributed by atoms with Gasteiger partial charge < -0.3 is 15.6 Å². The van der Waals surface area contributed by atoms with E-state index in [0.717, 1.165) is 13.0 Å². The van der Waals surface area contributed by atoms with Crippen LogP contribution in [0, 0.1) is 0 Å². The first-order valence-corrected chi connectivity index (χ1v) is 4.45. The second-order valence-corrected chi connectivity index (χ2v) is 3.40. The lowest BCUT2D eigenvalue weighted by atomic mass is 10.3. The first-order valence-electron chi connectivity index (χ1n) is 4.45. The van der Waals surface area contributed by atoms with E-state index in [1.807, 2.05) is 0 Å². The van der Waals surface area contributed by atoms with Gasteiger partial charge in [0.2, 0.25) is 0 Å². The van der Waals surface area contributed by atoms with Gasteiger partial charge in [-0.1, -0.05) is 0 Å². The van der Waals surface area contributed by atoms with E-state index in [1.165, 1.54) is 0 Å². The molecule has 1 saturated heterocycles. The van der Waals surface area contributed by atoms with Crippen molar-refractivity contribution in [3.8, 4) is 0 Å². The molecule has 0 aliphatic carbocycles. The normalized spacial score (nSPS) is 20.6. The fraction of sp³-hybridized carbons (Fsp3) is 0.444. The number of aromatic nitrogens is 1. The number of nitrogens with zero attached hydrogens (tertiary/aromatic N) is 1. The number of carbonyl (C=O) groups excluding carboxylic acids is 1. The SMILES string of the molecule is Cl.N[C@@H]1CCN(C(=O)c2cc[nH]c2)C1. The quantitative estimate of drug-likeness (QED) is 0.721. The average Bonchev–Trinajstić information content (AvgIpc) is 2.72. The molecule has 0 radical (unpaired) electrons. The number of aromatic amines is 1. The topological polar surface area (TPSA) is 62.1 Å². The zero-order valence-electron chi connectivity index (χ0n) is 7.77. The summed E-state index contributed by atoms with van der Waals surface area (Å²) in [6.45, 7) is 1.47. The van der Waals surface area contributed by atoms with Crippen LogP contribution in [0.1, 0.15) is 16.8 Å². The van der Waals surface area contributed by atoms with E-state index < -0.39 is 0 Å². The van der Waals surface area contributed by atoms with Gasteiger partial charge in [0, 0.05) is 31.5 Å². The van der Waals surface area contributed by atoms with Crippen molar-refractivity contribution in [3.63, 3.8) is 0 Å². The van der Waals surface area contributed by atoms with Crippen molar-refractivity contribution in [1.82, 2.24) is 9.88 Å². The minimum Gasteiger partial charge on any atom is -0.367 e. The van der Waals surface area contributed by atoms with Crippen molar-refractivity contribution < 1.29 is 4.79 Å². The summed E-state index contributed by atoms with van der Waals surface area (Å²) in [6, 6.07) is 1.94. The third-order valence-corrected chi connectivity index (χ3v) is 2.36. The van der Waals surface area contributed by atoms with Crippen LogP contribution in [0.15, 0.2) is 18.5 Å². The molecule has 0 aromatic carbocycles. The van der Waals surface area contributed by atoms with E-state index in [2.05, 4.69) is 4.98 Å². The molecule has 2 heterocycles. The number of H-pyrrole nitrogens is 1. The summed E-state index contributed by atoms with van der Waals surface area (Å²) in [7, 11) is 0. The molecule has 3 N–H and O–H groups in total. The molecule has 0 bridgehead atoms. The van der Waals surface area contributed by atoms with Gasteiger partial charge in [0.15, 0.2) is 0 Å². The Morgan fingerprint density at radius 1 is 1.64 bits per heavy atom. The summed E-state index contributed by atoms with van der Waals surface area (Å²) in [5, 5.41) is 0. The molecule has 14 heavy (non-hydrogen) atoms. The monoisotopic (exact) mass is 215 g/mol. The second-order valence-electron chi connectivity index (χ2n) is 3.40. The maximum atomic E-state index is 11.7. The Bertz CT molecular complexity index is 299. The minimum atomic E-state index is 0. The molecule has 1 aromatic rings. The van der Waals surface area contributed by atoms with E-state index in [1.54, 1.807) is 23.4 Å². The number of halogens is 1. The van der Waals surface area contributed by atoms with Crippen LogP contribution in [0.5, 0.6) is 0 Å². The minimum absolute atomic E-state index is 0. The molecule has 1 aromatic heterocycles. The van der Waals surface area contributed by atoms with Gasteiger partial charge in [0.05, 0.1) is 5.56 Å². The summed E-state index contributed by atoms with van der Waals surface area (Å²) in [6.07, 6.45) is 4.38. The highest BCUT2D eigenvalue weighted by Gasteiger charge is 2.24. The molecule has 1 aliphatic rings. The molecule has 5 heteroatoms. The van der Waals surface area contributed by atoms with Crippen LogP contribution in [0.2, 0.25) is 0 Å². The van der Waals surface area contributed by atoms with Crippen LogP contribution in [-0.4, -0.2) is 34.9 Å². The maximum absolute atomic E-state index is 11.7. The van der Waals surface area contributed by atoms with Crippen molar-refractivity contribution in [2.75, 3.05) is 13.1 Å². The standard InChI is InChI=1S/C9H13N3O.ClH/c10-8-2-4-12(6-8)9(13)7-1-3-11-5-7;/h1,3,5,8,11H,2,4,6,10H2;1H/t8-;/m1./s1. The van der Waals surface area contributed by atoms with Crippen molar-refractivity contribution in [1.29, 1.82) is 0 Å². The number of hydrogen-bond acceptors (Lipinski definition) is 2. The molecule has 2 rings (SSSR count). The van der Waals surface area contributed by atoms with E-state index >= 15 is 0 Å². The summed E-state index contributed by atoms with van der Waals surface area (Å²) in [4.78, 5) is 16.4. The number of likely N-dealkylation sites (tertiary alicyclic amines) is 1. The highest BCUT2D eigenvalue weighted by atomic mass is 35.5. The lowest BCUT2D eigenvalue weighted by Gasteiger charge is -2.14. The zero-order valence-corrected chi connectivity index (χ0v) is 8.59. The van der Waals surface area contributed by atoms with Crippen molar-refractivity contribution in [3.05, 3.63) is 24.0 Å². The summed E-state index contributed by atoms with van der Waals surface area (Å²) in [5.74, 6) is 0.0780. The van der Waals surface area contributed by atoms with Crippen LogP contribution in [0.4, 0.5) is 0 Å².